The van der Waals surface area contributed by atoms with E-state index in [1.165, 1.54) is 19.3 Å². The van der Waals surface area contributed by atoms with Crippen molar-refractivity contribution < 1.29 is 33.4 Å². The number of ether oxygens (including phenoxy) is 2. The van der Waals surface area contributed by atoms with Gasteiger partial charge in [0.2, 0.25) is 5.91 Å². The first-order valence-electron chi connectivity index (χ1n) is 9.95. The highest BCUT2D eigenvalue weighted by Crippen LogP contribution is 2.14. The van der Waals surface area contributed by atoms with Gasteiger partial charge in [0.1, 0.15) is 19.0 Å². The smallest absolute Gasteiger partial charge is 0.332 e. The highest BCUT2D eigenvalue weighted by molar-refractivity contribution is 6.13. The quantitative estimate of drug-likeness (QED) is 0.332. The van der Waals surface area contributed by atoms with Gasteiger partial charge in [-0.2, -0.15) is 0 Å². The number of piperazine rings is 1. The zero-order chi connectivity index (χ0) is 22.3. The van der Waals surface area contributed by atoms with E-state index >= 15 is 0 Å². The third-order valence-corrected chi connectivity index (χ3v) is 5.11. The van der Waals surface area contributed by atoms with Gasteiger partial charge in [-0.1, -0.05) is 13.8 Å². The predicted octanol–water partition coefficient (Wildman–Crippen LogP) is -0.771. The third kappa shape index (κ3) is 6.46. The second-order valence-corrected chi connectivity index (χ2v) is 7.61. The third-order valence-electron chi connectivity index (χ3n) is 5.11. The Morgan fingerprint density at radius 2 is 1.80 bits per heavy atom. The molecular formula is C20H29N3O7. The van der Waals surface area contributed by atoms with Gasteiger partial charge in [0.05, 0.1) is 12.6 Å². The minimum atomic E-state index is -0.519. The summed E-state index contributed by atoms with van der Waals surface area (Å²) in [6, 6.07) is -0.331. The molecule has 0 radical (unpaired) electrons. The van der Waals surface area contributed by atoms with Crippen LogP contribution in [0.5, 0.6) is 0 Å². The van der Waals surface area contributed by atoms with E-state index in [9.17, 15) is 24.0 Å². The van der Waals surface area contributed by atoms with Gasteiger partial charge >= 0.3 is 5.97 Å². The molecular weight excluding hydrogens is 394 g/mol. The Bertz CT molecular complexity index is 701. The lowest BCUT2D eigenvalue weighted by molar-refractivity contribution is -0.151. The Hall–Kier alpha value is -2.59. The number of rotatable bonds is 10. The van der Waals surface area contributed by atoms with Gasteiger partial charge in [0.15, 0.2) is 0 Å². The number of ketones is 1. The van der Waals surface area contributed by atoms with Crippen molar-refractivity contribution in [3.05, 3.63) is 12.2 Å². The number of amides is 3. The molecule has 30 heavy (non-hydrogen) atoms. The van der Waals surface area contributed by atoms with Gasteiger partial charge in [-0.25, -0.2) is 4.79 Å². The zero-order valence-corrected chi connectivity index (χ0v) is 17.7. The number of carbonyl (C=O) groups excluding carboxylic acids is 5. The Kier molecular flexibility index (Phi) is 8.67. The van der Waals surface area contributed by atoms with Crippen molar-refractivity contribution in [1.82, 2.24) is 14.7 Å². The molecule has 0 bridgehead atoms. The molecule has 1 saturated heterocycles. The van der Waals surface area contributed by atoms with Gasteiger partial charge in [0, 0.05) is 57.8 Å². The van der Waals surface area contributed by atoms with E-state index in [0.29, 0.717) is 13.1 Å². The summed E-state index contributed by atoms with van der Waals surface area (Å²) in [6.45, 7) is 4.89. The number of methoxy groups -OCH3 is 1. The summed E-state index contributed by atoms with van der Waals surface area (Å²) in [5, 5.41) is 0. The molecule has 0 aromatic carbocycles. The number of Topliss-reactive ketones (excluding diaryl/α,β-unsaturated/α-hetero) is 1. The SMILES string of the molecule is COCC(=O)OCC1CN(C(=O)CCN2C(=O)C=CC2=O)CCN1CC(=O)C(C)C. The first-order valence-corrected chi connectivity index (χ1v) is 9.95. The van der Waals surface area contributed by atoms with Gasteiger partial charge in [-0.15, -0.1) is 0 Å². The van der Waals surface area contributed by atoms with E-state index in [1.807, 2.05) is 18.7 Å². The van der Waals surface area contributed by atoms with Crippen LogP contribution >= 0.6 is 0 Å². The van der Waals surface area contributed by atoms with Gasteiger partial charge < -0.3 is 14.4 Å². The Morgan fingerprint density at radius 3 is 2.40 bits per heavy atom. The monoisotopic (exact) mass is 423 g/mol. The molecule has 1 atom stereocenters. The van der Waals surface area contributed by atoms with Crippen LogP contribution in [0.1, 0.15) is 20.3 Å². The number of hydrogen-bond donors (Lipinski definition) is 0. The predicted molar refractivity (Wildman–Crippen MR) is 105 cm³/mol. The minimum Gasteiger partial charge on any atom is -0.462 e. The van der Waals surface area contributed by atoms with Gasteiger partial charge in [-0.05, 0) is 0 Å². The fraction of sp³-hybridized carbons (Fsp3) is 0.650. The van der Waals surface area contributed by atoms with Crippen LogP contribution in [0.4, 0.5) is 0 Å². The lowest BCUT2D eigenvalue weighted by atomic mass is 10.1. The standard InChI is InChI=1S/C20H29N3O7/c1-14(2)16(24)11-21-8-9-22(10-15(21)12-30-20(28)13-29-3)17(25)6-7-23-18(26)4-5-19(23)27/h4-5,14-15H,6-13H2,1-3H3. The molecule has 166 valence electrons. The number of imide groups is 1. The lowest BCUT2D eigenvalue weighted by Gasteiger charge is -2.41. The van der Waals surface area contributed by atoms with Crippen LogP contribution in [0.2, 0.25) is 0 Å². The van der Waals surface area contributed by atoms with Crippen molar-refractivity contribution in [2.24, 2.45) is 5.92 Å². The Balaban J connectivity index is 1.95. The maximum atomic E-state index is 12.6. The molecule has 0 aromatic heterocycles. The summed E-state index contributed by atoms with van der Waals surface area (Å²) in [4.78, 5) is 64.3. The van der Waals surface area contributed by atoms with E-state index in [2.05, 4.69) is 0 Å². The number of esters is 1. The molecule has 2 aliphatic heterocycles. The topological polar surface area (TPSA) is 114 Å². The van der Waals surface area contributed by atoms with Crippen LogP contribution in [0.15, 0.2) is 12.2 Å². The molecule has 1 unspecified atom stereocenters. The molecule has 0 N–H and O–H groups in total. The zero-order valence-electron chi connectivity index (χ0n) is 17.7. The van der Waals surface area contributed by atoms with Crippen LogP contribution in [0, 0.1) is 5.92 Å². The Morgan fingerprint density at radius 1 is 1.13 bits per heavy atom. The Labute approximate surface area is 175 Å². The fourth-order valence-corrected chi connectivity index (χ4v) is 3.23. The molecule has 0 saturated carbocycles. The van der Waals surface area contributed by atoms with Gasteiger partial charge in [0.25, 0.3) is 11.8 Å². The molecule has 3 amide bonds. The average Bonchev–Trinajstić information content (AvgIpc) is 3.02. The largest absolute Gasteiger partial charge is 0.462 e. The first kappa shape index (κ1) is 23.7. The summed E-state index contributed by atoms with van der Waals surface area (Å²) >= 11 is 0. The molecule has 2 aliphatic rings. The van der Waals surface area contributed by atoms with Crippen LogP contribution < -0.4 is 0 Å². The number of hydrogen-bond acceptors (Lipinski definition) is 8. The summed E-state index contributed by atoms with van der Waals surface area (Å²) in [5.74, 6) is -1.62. The van der Waals surface area contributed by atoms with E-state index < -0.39 is 17.8 Å². The van der Waals surface area contributed by atoms with Gasteiger partial charge in [-0.3, -0.25) is 29.0 Å². The minimum absolute atomic E-state index is 0.0142. The maximum Gasteiger partial charge on any atom is 0.332 e. The molecule has 0 spiro atoms. The van der Waals surface area contributed by atoms with E-state index in [1.54, 1.807) is 4.90 Å². The first-order chi connectivity index (χ1) is 14.2. The van der Waals surface area contributed by atoms with E-state index in [4.69, 9.17) is 9.47 Å². The van der Waals surface area contributed by atoms with Crippen molar-refractivity contribution in [3.63, 3.8) is 0 Å². The summed E-state index contributed by atoms with van der Waals surface area (Å²) in [5.41, 5.74) is 0. The average molecular weight is 423 g/mol. The van der Waals surface area contributed by atoms with Crippen molar-refractivity contribution in [2.75, 3.05) is 53.0 Å². The second-order valence-electron chi connectivity index (χ2n) is 7.61. The maximum absolute atomic E-state index is 12.6. The molecule has 10 heteroatoms. The van der Waals surface area contributed by atoms with Crippen LogP contribution in [0.3, 0.4) is 0 Å². The molecule has 0 aliphatic carbocycles. The molecule has 1 fully saturated rings. The summed E-state index contributed by atoms with van der Waals surface area (Å²) in [7, 11) is 1.39. The highest BCUT2D eigenvalue weighted by atomic mass is 16.6. The second kappa shape index (κ2) is 11.0. The fourth-order valence-electron chi connectivity index (χ4n) is 3.23. The van der Waals surface area contributed by atoms with Crippen LogP contribution in [-0.2, 0) is 33.4 Å². The summed E-state index contributed by atoms with van der Waals surface area (Å²) in [6.07, 6.45) is 2.38. The number of nitrogens with zero attached hydrogens (tertiary/aromatic N) is 3. The normalized spacial score (nSPS) is 19.7. The van der Waals surface area contributed by atoms with Crippen LogP contribution in [0.25, 0.3) is 0 Å². The molecule has 2 rings (SSSR count). The van der Waals surface area contributed by atoms with Crippen LogP contribution in [-0.4, -0.2) is 103 Å². The van der Waals surface area contributed by atoms with E-state index in [0.717, 1.165) is 4.90 Å². The van der Waals surface area contributed by atoms with Crippen molar-refractivity contribution >= 4 is 29.5 Å². The molecule has 10 nitrogen and oxygen atoms in total. The summed E-state index contributed by atoms with van der Waals surface area (Å²) < 4.78 is 9.98. The number of carbonyl (C=O) groups is 5. The molecule has 0 aromatic rings. The van der Waals surface area contributed by atoms with Crippen molar-refractivity contribution in [3.8, 4) is 0 Å². The highest BCUT2D eigenvalue weighted by Gasteiger charge is 2.32. The lowest BCUT2D eigenvalue weighted by Crippen LogP contribution is -2.58. The van der Waals surface area contributed by atoms with E-state index in [-0.39, 0.29) is 62.9 Å². The van der Waals surface area contributed by atoms with Crippen molar-refractivity contribution in [1.29, 1.82) is 0 Å². The van der Waals surface area contributed by atoms with Crippen molar-refractivity contribution in [2.45, 2.75) is 26.3 Å². The molecule has 2 heterocycles.